The minimum absolute atomic E-state index is 0.443. The Balaban J connectivity index is 2.58. The summed E-state index contributed by atoms with van der Waals surface area (Å²) < 4.78 is 0. The lowest BCUT2D eigenvalue weighted by molar-refractivity contribution is 1.40. The average Bonchev–Trinajstić information content (AvgIpc) is 2.28. The molecular weight excluding hydrogens is 298 g/mol. The summed E-state index contributed by atoms with van der Waals surface area (Å²) in [6.07, 6.45) is 0. The molecule has 0 aliphatic carbocycles. The van der Waals surface area contributed by atoms with Crippen LogP contribution in [0, 0.1) is 0 Å². The van der Waals surface area contributed by atoms with Gasteiger partial charge in [0.25, 0.3) is 0 Å². The summed E-state index contributed by atoms with van der Waals surface area (Å²) in [6, 6.07) is 11.0. The Bertz CT molecular complexity index is 529. The molecule has 0 amide bonds. The Labute approximate surface area is 120 Å². The molecule has 0 radical (unpaired) electrons. The molecule has 2 rings (SSSR count). The molecule has 2 aromatic rings. The number of hydrogen-bond acceptors (Lipinski definition) is 0. The fourth-order valence-electron chi connectivity index (χ4n) is 1.59. The van der Waals surface area contributed by atoms with E-state index in [1.165, 1.54) is 0 Å². The summed E-state index contributed by atoms with van der Waals surface area (Å²) in [5.41, 5.74) is 2.77. The van der Waals surface area contributed by atoms with Crippen molar-refractivity contribution in [3.8, 4) is 11.1 Å². The standard InChI is InChI=1S/C13H8Cl4/c14-7-8-1-2-13(17)12(3-8)9-4-10(15)6-11(16)5-9/h1-6H,7H2. The molecule has 0 N–H and O–H groups in total. The molecule has 0 aliphatic rings. The van der Waals surface area contributed by atoms with Gasteiger partial charge >= 0.3 is 0 Å². The molecule has 0 unspecified atom stereocenters. The monoisotopic (exact) mass is 304 g/mol. The number of rotatable bonds is 2. The summed E-state index contributed by atoms with van der Waals surface area (Å²) in [7, 11) is 0. The third kappa shape index (κ3) is 3.08. The summed E-state index contributed by atoms with van der Waals surface area (Å²) >= 11 is 23.9. The van der Waals surface area contributed by atoms with E-state index in [1.54, 1.807) is 6.07 Å². The maximum Gasteiger partial charge on any atom is 0.0484 e. The molecule has 2 aromatic carbocycles. The molecule has 88 valence electrons. The molecule has 0 saturated carbocycles. The van der Waals surface area contributed by atoms with Crippen LogP contribution in [0.3, 0.4) is 0 Å². The maximum atomic E-state index is 6.16. The Kier molecular flexibility index (Phi) is 4.22. The first kappa shape index (κ1) is 13.0. The van der Waals surface area contributed by atoms with E-state index in [4.69, 9.17) is 46.4 Å². The number of halogens is 4. The van der Waals surface area contributed by atoms with E-state index in [1.807, 2.05) is 30.3 Å². The molecule has 0 fully saturated rings. The molecule has 0 aliphatic heterocycles. The smallest absolute Gasteiger partial charge is 0.0484 e. The van der Waals surface area contributed by atoms with Crippen LogP contribution in [0.2, 0.25) is 15.1 Å². The van der Waals surface area contributed by atoms with Gasteiger partial charge in [-0.3, -0.25) is 0 Å². The second-order valence-corrected chi connectivity index (χ2v) is 5.15. The topological polar surface area (TPSA) is 0 Å². The van der Waals surface area contributed by atoms with E-state index in [9.17, 15) is 0 Å². The third-order valence-corrected chi connectivity index (χ3v) is 3.43. The molecule has 4 heteroatoms. The number of alkyl halides is 1. The zero-order valence-electron chi connectivity index (χ0n) is 8.68. The molecule has 0 saturated heterocycles. The van der Waals surface area contributed by atoms with Crippen molar-refractivity contribution in [3.05, 3.63) is 57.0 Å². The fourth-order valence-corrected chi connectivity index (χ4v) is 2.51. The van der Waals surface area contributed by atoms with Crippen molar-refractivity contribution in [2.45, 2.75) is 5.88 Å². The molecule has 0 bridgehead atoms. The highest BCUT2D eigenvalue weighted by Gasteiger charge is 2.07. The van der Waals surface area contributed by atoms with Crippen LogP contribution in [0.25, 0.3) is 11.1 Å². The van der Waals surface area contributed by atoms with Gasteiger partial charge < -0.3 is 0 Å². The largest absolute Gasteiger partial charge is 0.122 e. The minimum atomic E-state index is 0.443. The Morgan fingerprint density at radius 1 is 0.824 bits per heavy atom. The number of hydrogen-bond donors (Lipinski definition) is 0. The normalized spacial score (nSPS) is 10.6. The second kappa shape index (κ2) is 5.49. The predicted octanol–water partition coefficient (Wildman–Crippen LogP) is 6.05. The Hall–Kier alpha value is -0.400. The third-order valence-electron chi connectivity index (χ3n) is 2.36. The van der Waals surface area contributed by atoms with Crippen LogP contribution in [-0.2, 0) is 5.88 Å². The van der Waals surface area contributed by atoms with Crippen molar-refractivity contribution in [3.63, 3.8) is 0 Å². The highest BCUT2D eigenvalue weighted by Crippen LogP contribution is 2.33. The van der Waals surface area contributed by atoms with Gasteiger partial charge in [-0.05, 0) is 41.5 Å². The second-order valence-electron chi connectivity index (χ2n) is 3.61. The van der Waals surface area contributed by atoms with Gasteiger partial charge in [-0.15, -0.1) is 11.6 Å². The molecular formula is C13H8Cl4. The predicted molar refractivity (Wildman–Crippen MR) is 76.5 cm³/mol. The van der Waals surface area contributed by atoms with Crippen molar-refractivity contribution < 1.29 is 0 Å². The summed E-state index contributed by atoms with van der Waals surface area (Å²) in [5, 5.41) is 1.82. The van der Waals surface area contributed by atoms with E-state index in [2.05, 4.69) is 0 Å². The van der Waals surface area contributed by atoms with Gasteiger partial charge in [0.1, 0.15) is 0 Å². The van der Waals surface area contributed by atoms with Crippen LogP contribution < -0.4 is 0 Å². The zero-order chi connectivity index (χ0) is 12.4. The first-order chi connectivity index (χ1) is 8.10. The maximum absolute atomic E-state index is 6.16. The van der Waals surface area contributed by atoms with Crippen molar-refractivity contribution >= 4 is 46.4 Å². The van der Waals surface area contributed by atoms with Crippen molar-refractivity contribution in [2.24, 2.45) is 0 Å². The highest BCUT2D eigenvalue weighted by molar-refractivity contribution is 6.36. The van der Waals surface area contributed by atoms with Crippen molar-refractivity contribution in [2.75, 3.05) is 0 Å². The van der Waals surface area contributed by atoms with E-state index in [0.717, 1.165) is 16.7 Å². The first-order valence-corrected chi connectivity index (χ1v) is 6.58. The molecule has 0 spiro atoms. The Morgan fingerprint density at radius 3 is 2.06 bits per heavy atom. The van der Waals surface area contributed by atoms with E-state index < -0.39 is 0 Å². The van der Waals surface area contributed by atoms with Crippen LogP contribution in [0.15, 0.2) is 36.4 Å². The number of benzene rings is 2. The van der Waals surface area contributed by atoms with Gasteiger partial charge in [0.05, 0.1) is 0 Å². The minimum Gasteiger partial charge on any atom is -0.122 e. The van der Waals surface area contributed by atoms with Crippen LogP contribution in [0.4, 0.5) is 0 Å². The van der Waals surface area contributed by atoms with Gasteiger partial charge in [0, 0.05) is 26.5 Å². The lowest BCUT2D eigenvalue weighted by atomic mass is 10.0. The van der Waals surface area contributed by atoms with E-state index >= 15 is 0 Å². The SMILES string of the molecule is ClCc1ccc(Cl)c(-c2cc(Cl)cc(Cl)c2)c1. The molecule has 0 atom stereocenters. The van der Waals surface area contributed by atoms with Crippen molar-refractivity contribution in [1.82, 2.24) is 0 Å². The van der Waals surface area contributed by atoms with Crippen molar-refractivity contribution in [1.29, 1.82) is 0 Å². The van der Waals surface area contributed by atoms with E-state index in [-0.39, 0.29) is 0 Å². The molecule has 0 heterocycles. The zero-order valence-corrected chi connectivity index (χ0v) is 11.7. The van der Waals surface area contributed by atoms with Gasteiger partial charge in [0.15, 0.2) is 0 Å². The Morgan fingerprint density at radius 2 is 1.47 bits per heavy atom. The van der Waals surface area contributed by atoms with E-state index in [0.29, 0.717) is 20.9 Å². The van der Waals surface area contributed by atoms with Gasteiger partial charge in [-0.25, -0.2) is 0 Å². The summed E-state index contributed by atoms with van der Waals surface area (Å²) in [5.74, 6) is 0.443. The lowest BCUT2D eigenvalue weighted by Gasteiger charge is -2.07. The molecule has 17 heavy (non-hydrogen) atoms. The summed E-state index contributed by atoms with van der Waals surface area (Å²) in [4.78, 5) is 0. The fraction of sp³-hybridized carbons (Fsp3) is 0.0769. The first-order valence-electron chi connectivity index (χ1n) is 4.91. The van der Waals surface area contributed by atoms with Gasteiger partial charge in [-0.2, -0.15) is 0 Å². The van der Waals surface area contributed by atoms with Gasteiger partial charge in [-0.1, -0.05) is 40.9 Å². The molecule has 0 aromatic heterocycles. The van der Waals surface area contributed by atoms with Crippen LogP contribution >= 0.6 is 46.4 Å². The quantitative estimate of drug-likeness (QED) is 0.592. The highest BCUT2D eigenvalue weighted by atomic mass is 35.5. The van der Waals surface area contributed by atoms with Crippen LogP contribution in [0.1, 0.15) is 5.56 Å². The van der Waals surface area contributed by atoms with Gasteiger partial charge in [0.2, 0.25) is 0 Å². The van der Waals surface area contributed by atoms with Crippen LogP contribution in [0.5, 0.6) is 0 Å². The molecule has 0 nitrogen and oxygen atoms in total. The average molecular weight is 306 g/mol. The summed E-state index contributed by atoms with van der Waals surface area (Å²) in [6.45, 7) is 0. The van der Waals surface area contributed by atoms with Crippen LogP contribution in [-0.4, -0.2) is 0 Å². The lowest BCUT2D eigenvalue weighted by Crippen LogP contribution is -1.84.